The Morgan fingerprint density at radius 3 is 1.70 bits per heavy atom. The molecule has 0 aromatic rings. The normalized spacial score (nSPS) is 17.4. The largest absolute Gasteiger partial charge is 0.493 e. The van der Waals surface area contributed by atoms with Crippen LogP contribution in [0.1, 0.15) is 12.8 Å². The van der Waals surface area contributed by atoms with Crippen molar-refractivity contribution in [2.24, 2.45) is 0 Å². The van der Waals surface area contributed by atoms with E-state index in [-0.39, 0.29) is 0 Å². The van der Waals surface area contributed by atoms with Crippen LogP contribution in [-0.2, 0) is 9.47 Å². The Kier molecular flexibility index (Phi) is 2.37. The third kappa shape index (κ3) is 1.32. The van der Waals surface area contributed by atoms with Gasteiger partial charge >= 0.3 is 0 Å². The Bertz CT molecular complexity index is 148. The van der Waals surface area contributed by atoms with E-state index >= 15 is 0 Å². The van der Waals surface area contributed by atoms with Gasteiger partial charge in [-0.25, -0.2) is 0 Å². The van der Waals surface area contributed by atoms with Gasteiger partial charge in [-0.1, -0.05) is 0 Å². The van der Waals surface area contributed by atoms with E-state index in [1.54, 1.807) is 14.2 Å². The van der Waals surface area contributed by atoms with Crippen molar-refractivity contribution in [3.63, 3.8) is 0 Å². The second-order valence-corrected chi connectivity index (χ2v) is 2.12. The van der Waals surface area contributed by atoms with Crippen LogP contribution in [0.2, 0.25) is 0 Å². The molecule has 0 saturated carbocycles. The first-order chi connectivity index (χ1) is 4.88. The highest BCUT2D eigenvalue weighted by atomic mass is 16.5. The molecule has 0 atom stereocenters. The highest BCUT2D eigenvalue weighted by Gasteiger charge is 2.07. The molecule has 1 aliphatic rings. The molecule has 0 aromatic heterocycles. The third-order valence-electron chi connectivity index (χ3n) is 1.51. The molecule has 1 rings (SSSR count). The SMILES string of the molecule is COC1=CCCC=C1OC. The average Bonchev–Trinajstić information content (AvgIpc) is 2.04. The summed E-state index contributed by atoms with van der Waals surface area (Å²) in [6.07, 6.45) is 6.18. The topological polar surface area (TPSA) is 18.5 Å². The zero-order valence-electron chi connectivity index (χ0n) is 6.39. The number of hydrogen-bond acceptors (Lipinski definition) is 2. The maximum atomic E-state index is 5.06. The van der Waals surface area contributed by atoms with Gasteiger partial charge in [0.05, 0.1) is 14.2 Å². The van der Waals surface area contributed by atoms with Crippen molar-refractivity contribution in [2.75, 3.05) is 14.2 Å². The fourth-order valence-corrected chi connectivity index (χ4v) is 0.998. The van der Waals surface area contributed by atoms with Gasteiger partial charge < -0.3 is 9.47 Å². The molecule has 1 aliphatic carbocycles. The molecule has 0 radical (unpaired) electrons. The molecule has 0 bridgehead atoms. The Labute approximate surface area is 61.1 Å². The predicted molar refractivity (Wildman–Crippen MR) is 39.4 cm³/mol. The van der Waals surface area contributed by atoms with E-state index < -0.39 is 0 Å². The molecule has 0 amide bonds. The van der Waals surface area contributed by atoms with Crippen molar-refractivity contribution < 1.29 is 9.47 Å². The van der Waals surface area contributed by atoms with E-state index in [9.17, 15) is 0 Å². The third-order valence-corrected chi connectivity index (χ3v) is 1.51. The minimum absolute atomic E-state index is 0.855. The van der Waals surface area contributed by atoms with Crippen molar-refractivity contribution in [2.45, 2.75) is 12.8 Å². The van der Waals surface area contributed by atoms with Gasteiger partial charge in [0.25, 0.3) is 0 Å². The van der Waals surface area contributed by atoms with Crippen LogP contribution in [-0.4, -0.2) is 14.2 Å². The first-order valence-corrected chi connectivity index (χ1v) is 3.37. The van der Waals surface area contributed by atoms with Crippen LogP contribution in [0.25, 0.3) is 0 Å². The monoisotopic (exact) mass is 140 g/mol. The van der Waals surface area contributed by atoms with Crippen molar-refractivity contribution in [3.8, 4) is 0 Å². The summed E-state index contributed by atoms with van der Waals surface area (Å²) in [6, 6.07) is 0. The lowest BCUT2D eigenvalue weighted by Crippen LogP contribution is -1.98. The second kappa shape index (κ2) is 3.30. The van der Waals surface area contributed by atoms with Crippen LogP contribution >= 0.6 is 0 Å². The van der Waals surface area contributed by atoms with Crippen LogP contribution in [0, 0.1) is 0 Å². The summed E-state index contributed by atoms with van der Waals surface area (Å²) in [5.74, 6) is 1.71. The summed E-state index contributed by atoms with van der Waals surface area (Å²) in [6.45, 7) is 0. The van der Waals surface area contributed by atoms with Gasteiger partial charge in [0.1, 0.15) is 0 Å². The zero-order valence-corrected chi connectivity index (χ0v) is 6.39. The summed E-state index contributed by atoms with van der Waals surface area (Å²) in [5, 5.41) is 0. The highest BCUT2D eigenvalue weighted by molar-refractivity contribution is 5.23. The number of rotatable bonds is 2. The lowest BCUT2D eigenvalue weighted by molar-refractivity contribution is 0.215. The molecule has 0 aliphatic heterocycles. The fraction of sp³-hybridized carbons (Fsp3) is 0.500. The fourth-order valence-electron chi connectivity index (χ4n) is 0.998. The molecule has 0 aromatic carbocycles. The molecule has 0 saturated heterocycles. The zero-order chi connectivity index (χ0) is 7.40. The number of hydrogen-bond donors (Lipinski definition) is 0. The smallest absolute Gasteiger partial charge is 0.156 e. The summed E-state index contributed by atoms with van der Waals surface area (Å²) in [5.41, 5.74) is 0. The van der Waals surface area contributed by atoms with E-state index in [0.29, 0.717) is 0 Å². The molecule has 0 N–H and O–H groups in total. The molecule has 0 spiro atoms. The van der Waals surface area contributed by atoms with E-state index in [0.717, 1.165) is 24.4 Å². The molecule has 0 fully saturated rings. The Balaban J connectivity index is 2.67. The van der Waals surface area contributed by atoms with Crippen molar-refractivity contribution >= 4 is 0 Å². The van der Waals surface area contributed by atoms with E-state index in [1.807, 2.05) is 12.2 Å². The Morgan fingerprint density at radius 2 is 1.40 bits per heavy atom. The van der Waals surface area contributed by atoms with Gasteiger partial charge in [0.15, 0.2) is 11.5 Å². The standard InChI is InChI=1S/C8H12O2/c1-9-7-5-3-4-6-8(7)10-2/h5-6H,3-4H2,1-2H3. The maximum absolute atomic E-state index is 5.06. The molecule has 0 heterocycles. The van der Waals surface area contributed by atoms with E-state index in [4.69, 9.17) is 9.47 Å². The number of methoxy groups -OCH3 is 2. The van der Waals surface area contributed by atoms with Gasteiger partial charge in [-0.2, -0.15) is 0 Å². The molecule has 10 heavy (non-hydrogen) atoms. The summed E-state index contributed by atoms with van der Waals surface area (Å²) >= 11 is 0. The first-order valence-electron chi connectivity index (χ1n) is 3.37. The maximum Gasteiger partial charge on any atom is 0.156 e. The van der Waals surface area contributed by atoms with Gasteiger partial charge in [-0.15, -0.1) is 0 Å². The van der Waals surface area contributed by atoms with Crippen LogP contribution in [0.4, 0.5) is 0 Å². The first kappa shape index (κ1) is 7.19. The quantitative estimate of drug-likeness (QED) is 0.582. The van der Waals surface area contributed by atoms with Crippen LogP contribution < -0.4 is 0 Å². The van der Waals surface area contributed by atoms with Gasteiger partial charge in [-0.3, -0.25) is 0 Å². The minimum atomic E-state index is 0.855. The lowest BCUT2D eigenvalue weighted by Gasteiger charge is -2.12. The van der Waals surface area contributed by atoms with Gasteiger partial charge in [0.2, 0.25) is 0 Å². The highest BCUT2D eigenvalue weighted by Crippen LogP contribution is 2.18. The van der Waals surface area contributed by atoms with Crippen LogP contribution in [0.5, 0.6) is 0 Å². The predicted octanol–water partition coefficient (Wildman–Crippen LogP) is 1.84. The molecule has 56 valence electrons. The van der Waals surface area contributed by atoms with Crippen molar-refractivity contribution in [1.82, 2.24) is 0 Å². The molecular formula is C8H12O2. The second-order valence-electron chi connectivity index (χ2n) is 2.12. The van der Waals surface area contributed by atoms with Crippen molar-refractivity contribution in [1.29, 1.82) is 0 Å². The van der Waals surface area contributed by atoms with Crippen molar-refractivity contribution in [3.05, 3.63) is 23.7 Å². The lowest BCUT2D eigenvalue weighted by atomic mass is 10.1. The summed E-state index contributed by atoms with van der Waals surface area (Å²) in [7, 11) is 3.31. The average molecular weight is 140 g/mol. The molecule has 0 unspecified atom stereocenters. The molecule has 2 nitrogen and oxygen atoms in total. The van der Waals surface area contributed by atoms with Gasteiger partial charge in [0, 0.05) is 0 Å². The number of ether oxygens (including phenoxy) is 2. The minimum Gasteiger partial charge on any atom is -0.493 e. The Hall–Kier alpha value is -0.920. The Morgan fingerprint density at radius 1 is 1.00 bits per heavy atom. The van der Waals surface area contributed by atoms with E-state index in [1.165, 1.54) is 0 Å². The molecule has 2 heteroatoms. The van der Waals surface area contributed by atoms with Crippen LogP contribution in [0.3, 0.4) is 0 Å². The summed E-state index contributed by atoms with van der Waals surface area (Å²) < 4.78 is 10.1. The van der Waals surface area contributed by atoms with Crippen LogP contribution in [0.15, 0.2) is 23.7 Å². The van der Waals surface area contributed by atoms with Gasteiger partial charge in [-0.05, 0) is 25.0 Å². The summed E-state index contributed by atoms with van der Waals surface area (Å²) in [4.78, 5) is 0. The van der Waals surface area contributed by atoms with E-state index in [2.05, 4.69) is 0 Å². The molecular weight excluding hydrogens is 128 g/mol. The number of allylic oxidation sites excluding steroid dienone is 2.